The molecule has 0 fully saturated rings. The average molecular weight is 560 g/mol. The summed E-state index contributed by atoms with van der Waals surface area (Å²) in [4.78, 5) is 0. The van der Waals surface area contributed by atoms with Gasteiger partial charge < -0.3 is 0 Å². The smallest absolute Gasteiger partial charge is 0 e. The van der Waals surface area contributed by atoms with Crippen LogP contribution in [0.4, 0.5) is 0 Å². The van der Waals surface area contributed by atoms with Crippen LogP contribution in [0.2, 0.25) is 0 Å². The predicted octanol–water partition coefficient (Wildman–Crippen LogP) is -0.391. The summed E-state index contributed by atoms with van der Waals surface area (Å²) >= 11 is 0. The van der Waals surface area contributed by atoms with Gasteiger partial charge in [0.2, 0.25) is 0 Å². The standard InChI is InChI=1S/Cd.Mn.2Nb.Pb. The zero-order valence-corrected chi connectivity index (χ0v) is 16.0. The van der Waals surface area contributed by atoms with E-state index in [1.165, 1.54) is 0 Å². The van der Waals surface area contributed by atoms with E-state index in [0.29, 0.717) is 0 Å². The van der Waals surface area contributed by atoms with Gasteiger partial charge in [0.05, 0.1) is 0 Å². The molecule has 0 rings (SSSR count). The second kappa shape index (κ2) is 24.9. The molecular weight excluding hydrogens is 560 g/mol. The summed E-state index contributed by atoms with van der Waals surface area (Å²) in [7, 11) is 0. The summed E-state index contributed by atoms with van der Waals surface area (Å²) in [6.07, 6.45) is 0. The molecule has 0 saturated carbocycles. The van der Waals surface area contributed by atoms with E-state index < -0.39 is 0 Å². The average Bonchev–Trinajstić information content (AvgIpc) is 0. The SMILES string of the molecule is [Cd].[Mn].[Nb].[Nb].[Pb]. The summed E-state index contributed by atoms with van der Waals surface area (Å²) < 4.78 is 0. The Bertz CT molecular complexity index is 9.61. The van der Waals surface area contributed by atoms with Gasteiger partial charge in [0.1, 0.15) is 0 Å². The van der Waals surface area contributed by atoms with Crippen LogP contribution in [0, 0.1) is 0 Å². The minimum Gasteiger partial charge on any atom is 0 e. The molecule has 0 aromatic rings. The maximum Gasteiger partial charge on any atom is 0 e. The molecule has 0 spiro atoms. The van der Waals surface area contributed by atoms with Crippen molar-refractivity contribution < 1.29 is 89.1 Å². The van der Waals surface area contributed by atoms with Crippen LogP contribution in [-0.4, -0.2) is 27.3 Å². The van der Waals surface area contributed by atoms with Crippen molar-refractivity contribution in [2.75, 3.05) is 0 Å². The van der Waals surface area contributed by atoms with Crippen molar-refractivity contribution in [3.63, 3.8) is 0 Å². The molecule has 0 atom stereocenters. The third-order valence-corrected chi connectivity index (χ3v) is 0. The normalized spacial score (nSPS) is 0. The summed E-state index contributed by atoms with van der Waals surface area (Å²) in [6, 6.07) is 0. The first-order valence-corrected chi connectivity index (χ1v) is 0. The Morgan fingerprint density at radius 1 is 0.800 bits per heavy atom. The van der Waals surface area contributed by atoms with Crippen molar-refractivity contribution in [2.45, 2.75) is 0 Å². The quantitative estimate of drug-likeness (QED) is 0.355. The van der Waals surface area contributed by atoms with Crippen LogP contribution in [0.25, 0.3) is 0 Å². The second-order valence-electron chi connectivity index (χ2n) is 0. The van der Waals surface area contributed by atoms with Gasteiger partial charge in [0.25, 0.3) is 0 Å². The molecule has 23 valence electrons. The van der Waals surface area contributed by atoms with Crippen LogP contribution in [0.3, 0.4) is 0 Å². The Morgan fingerprint density at radius 3 is 0.800 bits per heavy atom. The van der Waals surface area contributed by atoms with Gasteiger partial charge in [-0.1, -0.05) is 0 Å². The van der Waals surface area contributed by atoms with Crippen LogP contribution >= 0.6 is 0 Å². The van der Waals surface area contributed by atoms with Gasteiger partial charge in [-0.25, -0.2) is 0 Å². The maximum absolute atomic E-state index is 0. The van der Waals surface area contributed by atoms with E-state index in [2.05, 4.69) is 0 Å². The molecule has 7 radical (unpaired) electrons. The van der Waals surface area contributed by atoms with E-state index in [0.717, 1.165) is 0 Å². The Labute approximate surface area is 114 Å². The zero-order chi connectivity index (χ0) is 0. The molecule has 0 aromatic carbocycles. The van der Waals surface area contributed by atoms with Crippen molar-refractivity contribution >= 4 is 27.3 Å². The molecule has 5 heteroatoms. The molecule has 0 aliphatic rings. The van der Waals surface area contributed by atoms with Crippen molar-refractivity contribution in [1.82, 2.24) is 0 Å². The first-order chi connectivity index (χ1) is 0. The Kier molecular flexibility index (Phi) is 183. The molecule has 0 N–H and O–H groups in total. The largest absolute Gasteiger partial charge is 0 e. The minimum absolute atomic E-state index is 0. The first kappa shape index (κ1) is 36.8. The van der Waals surface area contributed by atoms with Crippen LogP contribution in [-0.2, 0) is 89.1 Å². The Morgan fingerprint density at radius 2 is 0.800 bits per heavy atom. The van der Waals surface area contributed by atoms with Crippen molar-refractivity contribution in [1.29, 1.82) is 0 Å². The van der Waals surface area contributed by atoms with Crippen molar-refractivity contribution in [3.05, 3.63) is 0 Å². The Balaban J connectivity index is 0. The van der Waals surface area contributed by atoms with Crippen LogP contribution in [0.15, 0.2) is 0 Å². The maximum atomic E-state index is 0. The first-order valence-electron chi connectivity index (χ1n) is 0. The summed E-state index contributed by atoms with van der Waals surface area (Å²) in [6.45, 7) is 0. The minimum atomic E-state index is 0. The van der Waals surface area contributed by atoms with E-state index in [1.807, 2.05) is 0 Å². The third-order valence-electron chi connectivity index (χ3n) is 0. The molecule has 0 amide bonds. The number of rotatable bonds is 0. The van der Waals surface area contributed by atoms with Crippen LogP contribution in [0.1, 0.15) is 0 Å². The fourth-order valence-corrected chi connectivity index (χ4v) is 0. The molecular formula is CdMnNb2Pb. The van der Waals surface area contributed by atoms with Gasteiger partial charge in [-0.2, -0.15) is 0 Å². The molecule has 0 nitrogen and oxygen atoms in total. The van der Waals surface area contributed by atoms with Gasteiger partial charge in [0.15, 0.2) is 0 Å². The van der Waals surface area contributed by atoms with Crippen LogP contribution < -0.4 is 0 Å². The molecule has 0 heterocycles. The summed E-state index contributed by atoms with van der Waals surface area (Å²) in [5, 5.41) is 0. The molecule has 5 heavy (non-hydrogen) atoms. The van der Waals surface area contributed by atoms with Gasteiger partial charge in [0, 0.05) is 116 Å². The zero-order valence-electron chi connectivity index (χ0n) is 2.48. The van der Waals surface area contributed by atoms with Crippen LogP contribution in [0.5, 0.6) is 0 Å². The topological polar surface area (TPSA) is 0 Å². The molecule has 0 saturated heterocycles. The van der Waals surface area contributed by atoms with Gasteiger partial charge in [-0.15, -0.1) is 0 Å². The summed E-state index contributed by atoms with van der Waals surface area (Å²) in [5.41, 5.74) is 0. The van der Waals surface area contributed by atoms with E-state index in [1.54, 1.807) is 0 Å². The van der Waals surface area contributed by atoms with Gasteiger partial charge >= 0.3 is 0 Å². The molecule has 0 bridgehead atoms. The fourth-order valence-electron chi connectivity index (χ4n) is 0. The molecule has 0 aromatic heterocycles. The molecule has 0 aliphatic carbocycles. The number of hydrogen-bond donors (Lipinski definition) is 0. The molecule has 0 aliphatic heterocycles. The van der Waals surface area contributed by atoms with Gasteiger partial charge in [-0.05, 0) is 0 Å². The fraction of sp³-hybridized carbons (Fsp3) is 0. The van der Waals surface area contributed by atoms with Crippen molar-refractivity contribution in [3.8, 4) is 0 Å². The van der Waals surface area contributed by atoms with Gasteiger partial charge in [-0.3, -0.25) is 0 Å². The van der Waals surface area contributed by atoms with Crippen molar-refractivity contribution in [2.24, 2.45) is 0 Å². The predicted molar refractivity (Wildman–Crippen MR) is 5.75 cm³/mol. The Hall–Kier alpha value is 3.84. The molecule has 0 unspecified atom stereocenters. The number of hydrogen-bond acceptors (Lipinski definition) is 0. The van der Waals surface area contributed by atoms with E-state index in [-0.39, 0.29) is 116 Å². The van der Waals surface area contributed by atoms with E-state index in [9.17, 15) is 0 Å². The van der Waals surface area contributed by atoms with E-state index in [4.69, 9.17) is 0 Å². The monoisotopic (exact) mass is 563 g/mol. The summed E-state index contributed by atoms with van der Waals surface area (Å²) in [5.74, 6) is 0. The van der Waals surface area contributed by atoms with E-state index >= 15 is 0 Å². The second-order valence-corrected chi connectivity index (χ2v) is 0. The third kappa shape index (κ3) is 18.1.